The van der Waals surface area contributed by atoms with Crippen molar-refractivity contribution in [2.75, 3.05) is 0 Å². The summed E-state index contributed by atoms with van der Waals surface area (Å²) in [6.45, 7) is 1.79. The van der Waals surface area contributed by atoms with E-state index in [1.165, 1.54) is 34.9 Å². The van der Waals surface area contributed by atoms with Crippen LogP contribution in [0.5, 0.6) is 0 Å². The number of furan rings is 1. The molecule has 210 valence electrons. The molecule has 0 radical (unpaired) electrons. The minimum atomic E-state index is -4.51. The van der Waals surface area contributed by atoms with Gasteiger partial charge in [-0.1, -0.05) is 60.7 Å². The summed E-state index contributed by atoms with van der Waals surface area (Å²) >= 11 is 0.936. The highest BCUT2D eigenvalue weighted by Crippen LogP contribution is 2.32. The van der Waals surface area contributed by atoms with Gasteiger partial charge in [-0.2, -0.15) is 18.4 Å². The summed E-state index contributed by atoms with van der Waals surface area (Å²) in [5.41, 5.74) is -0.0212. The Labute approximate surface area is 241 Å². The lowest BCUT2D eigenvalue weighted by Crippen LogP contribution is -2.34. The monoisotopic (exact) mass is 585 g/mol. The molecule has 42 heavy (non-hydrogen) atoms. The van der Waals surface area contributed by atoms with Crippen LogP contribution < -0.4 is 20.1 Å². The first-order chi connectivity index (χ1) is 20.2. The third kappa shape index (κ3) is 5.96. The Morgan fingerprint density at radius 2 is 1.69 bits per heavy atom. The molecule has 10 heteroatoms. The average molecular weight is 586 g/mol. The molecule has 6 nitrogen and oxygen atoms in total. The molecule has 2 heterocycles. The Balaban J connectivity index is 1.60. The lowest BCUT2D eigenvalue weighted by Gasteiger charge is -2.13. The average Bonchev–Trinajstić information content (AvgIpc) is 3.58. The fraction of sp³-hybridized carbons (Fsp3) is 0.0938. The fourth-order valence-electron chi connectivity index (χ4n) is 4.31. The molecule has 0 saturated heterocycles. The highest BCUT2D eigenvalue weighted by atomic mass is 32.1. The van der Waals surface area contributed by atoms with E-state index in [2.05, 4.69) is 5.32 Å². The lowest BCUT2D eigenvalue weighted by atomic mass is 10.1. The molecule has 0 aliphatic rings. The number of benzene rings is 3. The maximum absolute atomic E-state index is 13.6. The Morgan fingerprint density at radius 1 is 1.00 bits per heavy atom. The van der Waals surface area contributed by atoms with Crippen LogP contribution in [0.25, 0.3) is 28.7 Å². The van der Waals surface area contributed by atoms with Gasteiger partial charge >= 0.3 is 6.18 Å². The maximum Gasteiger partial charge on any atom is 0.416 e. The lowest BCUT2D eigenvalue weighted by molar-refractivity contribution is -0.137. The molecule has 0 aliphatic heterocycles. The number of nitrogens with zero attached hydrogens (tertiary/aromatic N) is 2. The number of halogens is 3. The summed E-state index contributed by atoms with van der Waals surface area (Å²) in [6, 6.07) is 27.2. The van der Waals surface area contributed by atoms with Crippen LogP contribution in [-0.4, -0.2) is 10.5 Å². The van der Waals surface area contributed by atoms with Crippen molar-refractivity contribution >= 4 is 28.9 Å². The van der Waals surface area contributed by atoms with Crippen molar-refractivity contribution in [3.05, 3.63) is 133 Å². The van der Waals surface area contributed by atoms with Gasteiger partial charge in [-0.25, -0.2) is 0 Å². The van der Waals surface area contributed by atoms with E-state index in [-0.39, 0.29) is 31.9 Å². The predicted octanol–water partition coefficient (Wildman–Crippen LogP) is 5.56. The van der Waals surface area contributed by atoms with Gasteiger partial charge in [0.25, 0.3) is 11.5 Å². The van der Waals surface area contributed by atoms with Gasteiger partial charge in [0.2, 0.25) is 0 Å². The smallest absolute Gasteiger partial charge is 0.416 e. The van der Waals surface area contributed by atoms with Gasteiger partial charge in [-0.3, -0.25) is 14.2 Å². The fourth-order valence-corrected chi connectivity index (χ4v) is 5.40. The van der Waals surface area contributed by atoms with Gasteiger partial charge in [0.1, 0.15) is 22.3 Å². The molecule has 0 bridgehead atoms. The van der Waals surface area contributed by atoms with Crippen LogP contribution in [0.3, 0.4) is 0 Å². The summed E-state index contributed by atoms with van der Waals surface area (Å²) in [7, 11) is 0. The number of hydrogen-bond donors (Lipinski definition) is 1. The molecule has 0 unspecified atom stereocenters. The molecule has 5 aromatic rings. The minimum absolute atomic E-state index is 0.127. The van der Waals surface area contributed by atoms with E-state index < -0.39 is 29.2 Å². The van der Waals surface area contributed by atoms with Gasteiger partial charge in [-0.05, 0) is 48.9 Å². The number of nitriles is 1. The molecule has 0 fully saturated rings. The Hall–Kier alpha value is -5.14. The van der Waals surface area contributed by atoms with Crippen LogP contribution in [0.15, 0.2) is 106 Å². The van der Waals surface area contributed by atoms with Crippen molar-refractivity contribution in [2.24, 2.45) is 0 Å². The van der Waals surface area contributed by atoms with Crippen LogP contribution in [-0.2, 0) is 11.0 Å². The van der Waals surface area contributed by atoms with E-state index in [1.807, 2.05) is 36.4 Å². The second kappa shape index (κ2) is 11.8. The van der Waals surface area contributed by atoms with E-state index in [1.54, 1.807) is 37.3 Å². The number of nitrogens with one attached hydrogen (secondary N) is 1. The number of carbonyl (C=O) groups excluding carboxylic acids is 1. The van der Waals surface area contributed by atoms with Gasteiger partial charge in [0, 0.05) is 11.6 Å². The van der Waals surface area contributed by atoms with E-state index in [4.69, 9.17) is 4.42 Å². The SMILES string of the molecule is C[C@@H](NC(=O)/C(C#N)=c1\s/c(=C\c2ccc(-c3cccc(C(F)(F)F)c3)o2)c(=O)n1-c1ccccc1)c1ccccc1. The van der Waals surface area contributed by atoms with E-state index in [0.717, 1.165) is 29.0 Å². The third-order valence-corrected chi connectivity index (χ3v) is 7.50. The number of carbonyl (C=O) groups is 1. The Kier molecular flexibility index (Phi) is 7.95. The van der Waals surface area contributed by atoms with Crippen molar-refractivity contribution in [1.82, 2.24) is 9.88 Å². The number of thiazole rings is 1. The molecule has 1 N–H and O–H groups in total. The van der Waals surface area contributed by atoms with Crippen LogP contribution in [0.1, 0.15) is 29.9 Å². The zero-order valence-electron chi connectivity index (χ0n) is 22.1. The molecule has 0 spiro atoms. The summed E-state index contributed by atoms with van der Waals surface area (Å²) in [5.74, 6) is -0.240. The van der Waals surface area contributed by atoms with Crippen LogP contribution >= 0.6 is 11.3 Å². The van der Waals surface area contributed by atoms with Gasteiger partial charge < -0.3 is 9.73 Å². The van der Waals surface area contributed by atoms with Crippen molar-refractivity contribution in [3.63, 3.8) is 0 Å². The number of amides is 1. The van der Waals surface area contributed by atoms with Crippen molar-refractivity contribution in [1.29, 1.82) is 5.26 Å². The van der Waals surface area contributed by atoms with Gasteiger partial charge in [0.15, 0.2) is 5.57 Å². The normalized spacial score (nSPS) is 13.4. The first-order valence-electron chi connectivity index (χ1n) is 12.7. The first kappa shape index (κ1) is 28.4. The van der Waals surface area contributed by atoms with Gasteiger partial charge in [-0.15, -0.1) is 11.3 Å². The van der Waals surface area contributed by atoms with Crippen molar-refractivity contribution in [2.45, 2.75) is 19.1 Å². The molecular weight excluding hydrogens is 563 g/mol. The topological polar surface area (TPSA) is 88.0 Å². The first-order valence-corrected chi connectivity index (χ1v) is 13.5. The number of aromatic nitrogens is 1. The summed E-state index contributed by atoms with van der Waals surface area (Å²) in [5, 5.41) is 12.9. The molecular formula is C32H22F3N3O3S. The molecule has 0 saturated carbocycles. The van der Waals surface area contributed by atoms with Crippen molar-refractivity contribution in [3.8, 4) is 23.1 Å². The van der Waals surface area contributed by atoms with Crippen molar-refractivity contribution < 1.29 is 22.4 Å². The minimum Gasteiger partial charge on any atom is -0.457 e. The number of alkyl halides is 3. The van der Waals surface area contributed by atoms with Crippen LogP contribution in [0.2, 0.25) is 0 Å². The van der Waals surface area contributed by atoms with Crippen LogP contribution in [0, 0.1) is 11.3 Å². The number of rotatable bonds is 6. The second-order valence-electron chi connectivity index (χ2n) is 9.27. The molecule has 2 aromatic heterocycles. The standard InChI is InChI=1S/C32H22F3N3O3S/c1-20(21-9-4-2-5-10-21)37-29(39)26(19-36)31-38(24-13-6-3-7-14-24)30(40)28(42-31)18-25-15-16-27(41-25)22-11-8-12-23(17-22)32(33,34)35/h2-18,20H,1H3,(H,37,39)/b28-18-,31-26-/t20-/m1/s1. The predicted molar refractivity (Wildman–Crippen MR) is 154 cm³/mol. The Bertz CT molecular complexity index is 1970. The number of hydrogen-bond acceptors (Lipinski definition) is 5. The zero-order chi connectivity index (χ0) is 29.9. The molecule has 1 amide bonds. The summed E-state index contributed by atoms with van der Waals surface area (Å²) in [4.78, 5) is 26.9. The summed E-state index contributed by atoms with van der Waals surface area (Å²) in [6.07, 6.45) is -3.07. The highest BCUT2D eigenvalue weighted by Gasteiger charge is 2.30. The molecule has 3 aromatic carbocycles. The second-order valence-corrected chi connectivity index (χ2v) is 10.3. The maximum atomic E-state index is 13.6. The van der Waals surface area contributed by atoms with Gasteiger partial charge in [0.05, 0.1) is 21.8 Å². The Morgan fingerprint density at radius 3 is 2.36 bits per heavy atom. The largest absolute Gasteiger partial charge is 0.457 e. The van der Waals surface area contributed by atoms with E-state index in [0.29, 0.717) is 5.69 Å². The third-order valence-electron chi connectivity index (χ3n) is 6.41. The van der Waals surface area contributed by atoms with Crippen LogP contribution in [0.4, 0.5) is 13.2 Å². The van der Waals surface area contributed by atoms with E-state index in [9.17, 15) is 28.0 Å². The summed E-state index contributed by atoms with van der Waals surface area (Å²) < 4.78 is 46.9. The zero-order valence-corrected chi connectivity index (χ0v) is 22.9. The van der Waals surface area contributed by atoms with E-state index >= 15 is 0 Å². The number of para-hydroxylation sites is 1. The molecule has 1 atom stereocenters. The molecule has 0 aliphatic carbocycles. The molecule has 5 rings (SSSR count). The quantitative estimate of drug-likeness (QED) is 0.283. The highest BCUT2D eigenvalue weighted by molar-refractivity contribution is 7.07.